The number of likely N-dealkylation sites (N-methyl/N-ethyl adjacent to an activating group) is 2. The van der Waals surface area contributed by atoms with Crippen molar-refractivity contribution in [1.29, 1.82) is 0 Å². The average Bonchev–Trinajstić information content (AvgIpc) is 3.70. The average molecular weight is 940 g/mol. The standard InChI is InChI=1S/C48H79F2N5O11/c1-14-38-48(10,61)41(57)30(6)54(12)23-26(2)21-46(8,60)43(28(4)39(29(5)44(59)65-38)37-22-47(9,62-13)42(58)31(7)64-37)66-45-40(56)36(19-27(3)63-45)53(11)18-17-33-25-55(52-51-33)24-32-15-16-34(49)35(50)20-32/h15-16,20,25-31,36-43,45,56-58,60-61H,14,17-19,21-24H2,1-13H3/t26-,27-,28+,29-,30-,31+,36+,37?,38-,39+,40-,41-,42+,43-,45+,46-,47-,48-/m1/s1. The number of halogens is 2. The molecule has 3 fully saturated rings. The van der Waals surface area contributed by atoms with E-state index in [0.717, 1.165) is 12.1 Å². The van der Waals surface area contributed by atoms with Crippen molar-refractivity contribution in [2.24, 2.45) is 23.7 Å². The van der Waals surface area contributed by atoms with Crippen LogP contribution in [0.1, 0.15) is 106 Å². The van der Waals surface area contributed by atoms with Crippen molar-refractivity contribution in [3.8, 4) is 0 Å². The zero-order chi connectivity index (χ0) is 49.2. The first-order valence-corrected chi connectivity index (χ1v) is 23.7. The van der Waals surface area contributed by atoms with Crippen molar-refractivity contribution < 1.29 is 62.8 Å². The van der Waals surface area contributed by atoms with Gasteiger partial charge >= 0.3 is 5.97 Å². The van der Waals surface area contributed by atoms with E-state index in [1.807, 2.05) is 44.7 Å². The molecule has 2 aromatic rings. The highest BCUT2D eigenvalue weighted by atomic mass is 19.2. The third kappa shape index (κ3) is 12.2. The van der Waals surface area contributed by atoms with Crippen molar-refractivity contribution in [2.75, 3.05) is 34.3 Å². The Morgan fingerprint density at radius 2 is 1.67 bits per heavy atom. The minimum atomic E-state index is -1.82. The Kier molecular flexibility index (Phi) is 18.0. The molecule has 1 aromatic heterocycles. The van der Waals surface area contributed by atoms with Crippen LogP contribution in [-0.4, -0.2) is 175 Å². The monoisotopic (exact) mass is 940 g/mol. The number of methoxy groups -OCH3 is 1. The molecular formula is C48H79F2N5O11. The Balaban J connectivity index is 1.47. The maximum absolute atomic E-state index is 14.6. The largest absolute Gasteiger partial charge is 0.459 e. The van der Waals surface area contributed by atoms with Gasteiger partial charge in [-0.05, 0) is 104 Å². The number of benzene rings is 1. The SMILES string of the molecule is CC[C@H]1OC(=O)[C@H](C)[C@@H](C2C[C@@](C)(OC)[C@@H](O)[C@H](C)O2)[C@H](C)[C@@H](O[C@@H]2O[C@H](C)C[C@H](N(C)CCc3cn(Cc4ccc(F)c(F)c4)nn3)[C@H]2O)[C@](C)(O)C[C@@H](C)CN(C)[C@H](C)[C@@H](O)[C@]1(C)O. The number of carbonyl (C=O) groups excluding carboxylic acids is 1. The number of esters is 1. The zero-order valence-corrected chi connectivity index (χ0v) is 41.3. The topological polar surface area (TPSA) is 202 Å². The van der Waals surface area contributed by atoms with Gasteiger partial charge in [-0.2, -0.15) is 0 Å². The van der Waals surface area contributed by atoms with E-state index < -0.39 is 113 Å². The number of cyclic esters (lactones) is 1. The van der Waals surface area contributed by atoms with Gasteiger partial charge in [0.1, 0.15) is 30.0 Å². The van der Waals surface area contributed by atoms with Gasteiger partial charge in [-0.25, -0.2) is 13.5 Å². The summed E-state index contributed by atoms with van der Waals surface area (Å²) in [5, 5.41) is 68.3. The highest BCUT2D eigenvalue weighted by molar-refractivity contribution is 5.73. The summed E-state index contributed by atoms with van der Waals surface area (Å²) in [6.45, 7) is 18.9. The first-order valence-electron chi connectivity index (χ1n) is 23.7. The molecule has 3 aliphatic heterocycles. The summed E-state index contributed by atoms with van der Waals surface area (Å²) in [4.78, 5) is 18.5. The molecule has 0 spiro atoms. The van der Waals surface area contributed by atoms with Gasteiger partial charge in [-0.15, -0.1) is 5.10 Å². The second-order valence-corrected chi connectivity index (χ2v) is 20.7. The van der Waals surface area contributed by atoms with Crippen LogP contribution in [0.3, 0.4) is 0 Å². The summed E-state index contributed by atoms with van der Waals surface area (Å²) in [7, 11) is 5.24. The predicted octanol–water partition coefficient (Wildman–Crippen LogP) is 3.71. The minimum Gasteiger partial charge on any atom is -0.459 e. The number of aliphatic hydroxyl groups is 5. The molecule has 66 heavy (non-hydrogen) atoms. The van der Waals surface area contributed by atoms with E-state index in [9.17, 15) is 39.1 Å². The molecule has 18 atom stereocenters. The molecule has 16 nitrogen and oxygen atoms in total. The van der Waals surface area contributed by atoms with Gasteiger partial charge in [-0.1, -0.05) is 39.0 Å². The second-order valence-electron chi connectivity index (χ2n) is 20.7. The fraction of sp³-hybridized carbons (Fsp3) is 0.812. The molecule has 5 N–H and O–H groups in total. The quantitative estimate of drug-likeness (QED) is 0.204. The van der Waals surface area contributed by atoms with Crippen LogP contribution < -0.4 is 0 Å². The van der Waals surface area contributed by atoms with Crippen LogP contribution >= 0.6 is 0 Å². The van der Waals surface area contributed by atoms with Gasteiger partial charge in [0.15, 0.2) is 17.9 Å². The highest BCUT2D eigenvalue weighted by Crippen LogP contribution is 2.45. The molecule has 376 valence electrons. The Bertz CT molecular complexity index is 1890. The molecule has 0 aliphatic carbocycles. The van der Waals surface area contributed by atoms with Gasteiger partial charge in [0, 0.05) is 57.2 Å². The number of hydrogen-bond donors (Lipinski definition) is 5. The molecule has 0 saturated carbocycles. The number of aliphatic hydroxyl groups excluding tert-OH is 3. The van der Waals surface area contributed by atoms with Crippen LogP contribution in [0.2, 0.25) is 0 Å². The summed E-state index contributed by atoms with van der Waals surface area (Å²) in [5.74, 6) is -5.09. The van der Waals surface area contributed by atoms with Crippen LogP contribution in [0.15, 0.2) is 24.4 Å². The van der Waals surface area contributed by atoms with Crippen LogP contribution in [0.4, 0.5) is 8.78 Å². The summed E-state index contributed by atoms with van der Waals surface area (Å²) < 4.78 is 60.9. The molecule has 1 aromatic carbocycles. The van der Waals surface area contributed by atoms with Gasteiger partial charge in [0.05, 0.1) is 53.8 Å². The van der Waals surface area contributed by atoms with Gasteiger partial charge in [0.2, 0.25) is 0 Å². The fourth-order valence-corrected chi connectivity index (χ4v) is 11.0. The molecule has 0 amide bonds. The minimum absolute atomic E-state index is 0.174. The van der Waals surface area contributed by atoms with E-state index in [0.29, 0.717) is 37.2 Å². The van der Waals surface area contributed by atoms with E-state index in [2.05, 4.69) is 10.3 Å². The molecule has 5 rings (SSSR count). The lowest BCUT2D eigenvalue weighted by molar-refractivity contribution is -0.302. The van der Waals surface area contributed by atoms with Crippen molar-refractivity contribution in [3.05, 3.63) is 47.3 Å². The lowest BCUT2D eigenvalue weighted by Gasteiger charge is -2.51. The second kappa shape index (κ2) is 21.9. The van der Waals surface area contributed by atoms with Gasteiger partial charge in [0.25, 0.3) is 0 Å². The molecule has 0 radical (unpaired) electrons. The predicted molar refractivity (Wildman–Crippen MR) is 241 cm³/mol. The van der Waals surface area contributed by atoms with Crippen molar-refractivity contribution >= 4 is 5.97 Å². The van der Waals surface area contributed by atoms with E-state index >= 15 is 0 Å². The van der Waals surface area contributed by atoms with Gasteiger partial charge < -0.3 is 59.0 Å². The lowest BCUT2D eigenvalue weighted by atomic mass is 9.68. The Labute approximate surface area is 389 Å². The van der Waals surface area contributed by atoms with Crippen LogP contribution in [0, 0.1) is 35.3 Å². The number of rotatable bonds is 11. The van der Waals surface area contributed by atoms with E-state index in [4.69, 9.17) is 23.7 Å². The summed E-state index contributed by atoms with van der Waals surface area (Å²) >= 11 is 0. The molecule has 4 heterocycles. The van der Waals surface area contributed by atoms with E-state index in [1.165, 1.54) is 20.1 Å². The maximum Gasteiger partial charge on any atom is 0.309 e. The number of ether oxygens (including phenoxy) is 5. The smallest absolute Gasteiger partial charge is 0.309 e. The maximum atomic E-state index is 14.6. The first-order chi connectivity index (χ1) is 30.7. The fourth-order valence-electron chi connectivity index (χ4n) is 11.0. The summed E-state index contributed by atoms with van der Waals surface area (Å²) in [5.41, 5.74) is -3.30. The number of hydrogen-bond acceptors (Lipinski definition) is 15. The number of aromatic nitrogens is 3. The number of nitrogens with zero attached hydrogens (tertiary/aromatic N) is 5. The van der Waals surface area contributed by atoms with Crippen molar-refractivity contribution in [2.45, 2.75) is 192 Å². The molecule has 3 saturated heterocycles. The summed E-state index contributed by atoms with van der Waals surface area (Å²) in [6, 6.07) is 2.67. The van der Waals surface area contributed by atoms with Crippen LogP contribution in [-0.2, 0) is 41.4 Å². The molecule has 1 unspecified atom stereocenters. The number of carbonyl (C=O) groups is 1. The Morgan fingerprint density at radius 3 is 2.30 bits per heavy atom. The van der Waals surface area contributed by atoms with Gasteiger partial charge in [-0.3, -0.25) is 4.79 Å². The first kappa shape index (κ1) is 54.2. The van der Waals surface area contributed by atoms with Crippen LogP contribution in [0.5, 0.6) is 0 Å². The Morgan fingerprint density at radius 1 is 0.985 bits per heavy atom. The van der Waals surface area contributed by atoms with E-state index in [-0.39, 0.29) is 37.8 Å². The third-order valence-electron chi connectivity index (χ3n) is 15.1. The molecular weight excluding hydrogens is 861 g/mol. The summed E-state index contributed by atoms with van der Waals surface area (Å²) in [6.07, 6.45) is -5.42. The van der Waals surface area contributed by atoms with Crippen molar-refractivity contribution in [1.82, 2.24) is 24.8 Å². The molecule has 18 heteroatoms. The molecule has 0 bridgehead atoms. The van der Waals surface area contributed by atoms with Crippen molar-refractivity contribution in [3.63, 3.8) is 0 Å². The zero-order valence-electron chi connectivity index (χ0n) is 41.3. The highest BCUT2D eigenvalue weighted by Gasteiger charge is 2.55. The lowest BCUT2D eigenvalue weighted by Crippen LogP contribution is -2.62. The normalized spacial score (nSPS) is 41.6. The Hall–Kier alpha value is -2.75. The van der Waals surface area contributed by atoms with E-state index in [1.54, 1.807) is 52.4 Å². The third-order valence-corrected chi connectivity index (χ3v) is 15.1. The molecule has 3 aliphatic rings. The van der Waals surface area contributed by atoms with Crippen LogP contribution in [0.25, 0.3) is 0 Å².